The smallest absolute Gasteiger partial charge is 0.238 e. The van der Waals surface area contributed by atoms with E-state index in [-0.39, 0.29) is 5.91 Å². The topological polar surface area (TPSA) is 41.1 Å². The Hall–Kier alpha value is -0.870. The van der Waals surface area contributed by atoms with Gasteiger partial charge in [0.1, 0.15) is 0 Å². The number of hydrogen-bond donors (Lipinski definition) is 2. The molecular formula is C15H21BrN2O. The molecule has 0 aromatic heterocycles. The van der Waals surface area contributed by atoms with Crippen LogP contribution in [0.5, 0.6) is 0 Å². The average Bonchev–Trinajstić information content (AvgIpc) is 2.38. The molecule has 0 aliphatic heterocycles. The molecular weight excluding hydrogens is 304 g/mol. The Morgan fingerprint density at radius 1 is 1.37 bits per heavy atom. The Labute approximate surface area is 123 Å². The summed E-state index contributed by atoms with van der Waals surface area (Å²) in [6.07, 6.45) is 5.05. The van der Waals surface area contributed by atoms with Crippen LogP contribution in [0, 0.1) is 5.92 Å². The molecule has 0 radical (unpaired) electrons. The van der Waals surface area contributed by atoms with Gasteiger partial charge in [-0.1, -0.05) is 41.8 Å². The summed E-state index contributed by atoms with van der Waals surface area (Å²) >= 11 is 3.39. The van der Waals surface area contributed by atoms with Crippen molar-refractivity contribution in [3.63, 3.8) is 0 Å². The van der Waals surface area contributed by atoms with Crippen LogP contribution in [0.25, 0.3) is 0 Å². The van der Waals surface area contributed by atoms with Crippen LogP contribution in [-0.4, -0.2) is 18.5 Å². The normalized spacial score (nSPS) is 23.1. The molecule has 4 heteroatoms. The van der Waals surface area contributed by atoms with Crippen LogP contribution in [0.3, 0.4) is 0 Å². The third-order valence-electron chi connectivity index (χ3n) is 3.74. The van der Waals surface area contributed by atoms with Gasteiger partial charge in [-0.05, 0) is 37.0 Å². The lowest BCUT2D eigenvalue weighted by Gasteiger charge is -2.29. The van der Waals surface area contributed by atoms with E-state index in [2.05, 4.69) is 33.5 Å². The van der Waals surface area contributed by atoms with Crippen molar-refractivity contribution in [3.05, 3.63) is 28.7 Å². The largest absolute Gasteiger partial charge is 0.325 e. The van der Waals surface area contributed by atoms with E-state index in [0.717, 1.165) is 10.2 Å². The fraction of sp³-hybridized carbons (Fsp3) is 0.533. The van der Waals surface area contributed by atoms with Gasteiger partial charge in [0, 0.05) is 16.2 Å². The quantitative estimate of drug-likeness (QED) is 0.889. The SMILES string of the molecule is CC1CCCCC1NCC(=O)Nc1cccc(Br)c1. The summed E-state index contributed by atoms with van der Waals surface area (Å²) in [6.45, 7) is 2.66. The van der Waals surface area contributed by atoms with Crippen molar-refractivity contribution in [1.29, 1.82) is 0 Å². The van der Waals surface area contributed by atoms with Gasteiger partial charge in [-0.2, -0.15) is 0 Å². The average molecular weight is 325 g/mol. The Morgan fingerprint density at radius 2 is 2.16 bits per heavy atom. The Balaban J connectivity index is 1.78. The number of benzene rings is 1. The zero-order valence-corrected chi connectivity index (χ0v) is 12.9. The van der Waals surface area contributed by atoms with E-state index in [1.165, 1.54) is 25.7 Å². The van der Waals surface area contributed by atoms with Crippen molar-refractivity contribution < 1.29 is 4.79 Å². The number of halogens is 1. The summed E-state index contributed by atoms with van der Waals surface area (Å²) in [7, 11) is 0. The zero-order chi connectivity index (χ0) is 13.7. The minimum Gasteiger partial charge on any atom is -0.325 e. The molecule has 3 nitrogen and oxygen atoms in total. The summed E-state index contributed by atoms with van der Waals surface area (Å²) in [5.74, 6) is 0.697. The molecule has 1 fully saturated rings. The monoisotopic (exact) mass is 324 g/mol. The molecule has 1 aliphatic rings. The predicted octanol–water partition coefficient (Wildman–Crippen LogP) is 3.56. The number of nitrogens with one attached hydrogen (secondary N) is 2. The van der Waals surface area contributed by atoms with Gasteiger partial charge in [0.25, 0.3) is 0 Å². The van der Waals surface area contributed by atoms with Crippen molar-refractivity contribution >= 4 is 27.5 Å². The summed E-state index contributed by atoms with van der Waals surface area (Å²) in [5, 5.41) is 6.29. The third-order valence-corrected chi connectivity index (χ3v) is 4.24. The van der Waals surface area contributed by atoms with Crippen molar-refractivity contribution in [2.45, 2.75) is 38.6 Å². The van der Waals surface area contributed by atoms with Crippen molar-refractivity contribution in [2.24, 2.45) is 5.92 Å². The van der Waals surface area contributed by atoms with Gasteiger partial charge in [-0.15, -0.1) is 0 Å². The maximum absolute atomic E-state index is 11.9. The highest BCUT2D eigenvalue weighted by Crippen LogP contribution is 2.23. The molecule has 2 N–H and O–H groups in total. The second kappa shape index (κ2) is 7.06. The van der Waals surface area contributed by atoms with E-state index in [1.807, 2.05) is 24.3 Å². The summed E-state index contributed by atoms with van der Waals surface area (Å²) in [5.41, 5.74) is 0.831. The fourth-order valence-corrected chi connectivity index (χ4v) is 3.01. The molecule has 2 unspecified atom stereocenters. The van der Waals surface area contributed by atoms with Crippen molar-refractivity contribution in [1.82, 2.24) is 5.32 Å². The maximum Gasteiger partial charge on any atom is 0.238 e. The van der Waals surface area contributed by atoms with Gasteiger partial charge < -0.3 is 10.6 Å². The van der Waals surface area contributed by atoms with Crippen molar-refractivity contribution in [3.8, 4) is 0 Å². The minimum absolute atomic E-state index is 0.0240. The molecule has 1 aliphatic carbocycles. The molecule has 0 bridgehead atoms. The molecule has 1 aromatic carbocycles. The molecule has 1 saturated carbocycles. The molecule has 2 rings (SSSR count). The number of anilines is 1. The third kappa shape index (κ3) is 4.62. The molecule has 0 heterocycles. The molecule has 0 spiro atoms. The molecule has 19 heavy (non-hydrogen) atoms. The van der Waals surface area contributed by atoms with Crippen LogP contribution >= 0.6 is 15.9 Å². The number of rotatable bonds is 4. The van der Waals surface area contributed by atoms with E-state index >= 15 is 0 Å². The Bertz CT molecular complexity index is 436. The summed E-state index contributed by atoms with van der Waals surface area (Å²) < 4.78 is 0.971. The highest BCUT2D eigenvalue weighted by Gasteiger charge is 2.21. The van der Waals surface area contributed by atoms with Gasteiger partial charge >= 0.3 is 0 Å². The first-order chi connectivity index (χ1) is 9.15. The molecule has 2 atom stereocenters. The highest BCUT2D eigenvalue weighted by atomic mass is 79.9. The van der Waals surface area contributed by atoms with Gasteiger partial charge in [0.05, 0.1) is 6.54 Å². The van der Waals surface area contributed by atoms with Crippen LogP contribution < -0.4 is 10.6 Å². The summed E-state index contributed by atoms with van der Waals surface area (Å²) in [4.78, 5) is 11.9. The van der Waals surface area contributed by atoms with E-state index in [4.69, 9.17) is 0 Å². The lowest BCUT2D eigenvalue weighted by molar-refractivity contribution is -0.115. The van der Waals surface area contributed by atoms with E-state index in [0.29, 0.717) is 18.5 Å². The number of amides is 1. The number of hydrogen-bond acceptors (Lipinski definition) is 2. The summed E-state index contributed by atoms with van der Waals surface area (Å²) in [6, 6.07) is 8.14. The van der Waals surface area contributed by atoms with Gasteiger partial charge in [-0.3, -0.25) is 4.79 Å². The van der Waals surface area contributed by atoms with Crippen LogP contribution in [0.4, 0.5) is 5.69 Å². The standard InChI is InChI=1S/C15H21BrN2O/c1-11-5-2-3-8-14(11)17-10-15(19)18-13-7-4-6-12(16)9-13/h4,6-7,9,11,14,17H,2-3,5,8,10H2,1H3,(H,18,19). The number of carbonyl (C=O) groups excluding carboxylic acids is 1. The lowest BCUT2D eigenvalue weighted by Crippen LogP contribution is -2.41. The second-order valence-corrected chi connectivity index (χ2v) is 6.22. The first-order valence-corrected chi connectivity index (χ1v) is 7.73. The van der Waals surface area contributed by atoms with Gasteiger partial charge in [0.15, 0.2) is 0 Å². The Kier molecular flexibility index (Phi) is 5.40. The number of carbonyl (C=O) groups is 1. The predicted molar refractivity (Wildman–Crippen MR) is 82.2 cm³/mol. The lowest BCUT2D eigenvalue weighted by atomic mass is 9.86. The van der Waals surface area contributed by atoms with Gasteiger partial charge in [-0.25, -0.2) is 0 Å². The van der Waals surface area contributed by atoms with Crippen LogP contribution in [-0.2, 0) is 4.79 Å². The first kappa shape index (κ1) is 14.5. The first-order valence-electron chi connectivity index (χ1n) is 6.94. The van der Waals surface area contributed by atoms with Gasteiger partial charge in [0.2, 0.25) is 5.91 Å². The van der Waals surface area contributed by atoms with E-state index in [1.54, 1.807) is 0 Å². The van der Waals surface area contributed by atoms with E-state index in [9.17, 15) is 4.79 Å². The van der Waals surface area contributed by atoms with Crippen LogP contribution in [0.15, 0.2) is 28.7 Å². The molecule has 1 amide bonds. The zero-order valence-electron chi connectivity index (χ0n) is 11.3. The molecule has 0 saturated heterocycles. The fourth-order valence-electron chi connectivity index (χ4n) is 2.61. The molecule has 1 aromatic rings. The van der Waals surface area contributed by atoms with E-state index < -0.39 is 0 Å². The maximum atomic E-state index is 11.9. The molecule has 104 valence electrons. The van der Waals surface area contributed by atoms with Crippen molar-refractivity contribution in [2.75, 3.05) is 11.9 Å². The van der Waals surface area contributed by atoms with Crippen LogP contribution in [0.2, 0.25) is 0 Å². The highest BCUT2D eigenvalue weighted by molar-refractivity contribution is 9.10. The Morgan fingerprint density at radius 3 is 2.89 bits per heavy atom. The minimum atomic E-state index is 0.0240. The second-order valence-electron chi connectivity index (χ2n) is 5.31. The van der Waals surface area contributed by atoms with Crippen LogP contribution in [0.1, 0.15) is 32.6 Å².